The Hall–Kier alpha value is -3.17. The minimum Gasteiger partial charge on any atom is -0.484 e. The topological polar surface area (TPSA) is 90.1 Å². The standard InChI is InChI=1S/C22H20N4O3S2/c1-14-8-15(2)10-17(9-14)28-11-20-25-26-22(29-20)31-13-19(27)24-21-23-18(12-30-21)16-6-4-3-5-7-16/h3-10,12H,11,13H2,1-2H3,(H,23,24,27). The second-order valence-electron chi connectivity index (χ2n) is 6.81. The Bertz CT molecular complexity index is 1150. The lowest BCUT2D eigenvalue weighted by molar-refractivity contribution is -0.113. The minimum atomic E-state index is -0.190. The lowest BCUT2D eigenvalue weighted by Gasteiger charge is -2.05. The van der Waals surface area contributed by atoms with Crippen LogP contribution >= 0.6 is 23.1 Å². The van der Waals surface area contributed by atoms with E-state index in [-0.39, 0.29) is 18.3 Å². The summed E-state index contributed by atoms with van der Waals surface area (Å²) in [5, 5.41) is 13.5. The number of aryl methyl sites for hydroxylation is 2. The molecule has 0 spiro atoms. The molecule has 4 aromatic rings. The average molecular weight is 453 g/mol. The zero-order valence-corrected chi connectivity index (χ0v) is 18.6. The maximum atomic E-state index is 12.2. The first-order valence-electron chi connectivity index (χ1n) is 9.52. The van der Waals surface area contributed by atoms with Crippen LogP contribution in [0.3, 0.4) is 0 Å². The Morgan fingerprint density at radius 2 is 1.90 bits per heavy atom. The van der Waals surface area contributed by atoms with Crippen molar-refractivity contribution in [3.05, 3.63) is 70.9 Å². The minimum absolute atomic E-state index is 0.139. The SMILES string of the molecule is Cc1cc(C)cc(OCc2nnc(SCC(=O)Nc3nc(-c4ccccc4)cs3)o2)c1. The van der Waals surface area contributed by atoms with Crippen molar-refractivity contribution in [2.45, 2.75) is 25.7 Å². The lowest BCUT2D eigenvalue weighted by atomic mass is 10.1. The predicted octanol–water partition coefficient (Wildman–Crippen LogP) is 5.12. The van der Waals surface area contributed by atoms with Gasteiger partial charge in [-0.2, -0.15) is 0 Å². The molecule has 0 aliphatic carbocycles. The maximum absolute atomic E-state index is 12.2. The first-order chi connectivity index (χ1) is 15.0. The van der Waals surface area contributed by atoms with Crippen LogP contribution in [-0.4, -0.2) is 26.8 Å². The number of thiazole rings is 1. The molecular weight excluding hydrogens is 432 g/mol. The van der Waals surface area contributed by atoms with Crippen LogP contribution in [0.15, 0.2) is 63.6 Å². The Morgan fingerprint density at radius 1 is 1.13 bits per heavy atom. The van der Waals surface area contributed by atoms with Gasteiger partial charge in [0.15, 0.2) is 11.7 Å². The van der Waals surface area contributed by atoms with E-state index in [1.165, 1.54) is 23.1 Å². The van der Waals surface area contributed by atoms with Crippen LogP contribution < -0.4 is 10.1 Å². The zero-order valence-electron chi connectivity index (χ0n) is 17.0. The number of hydrogen-bond acceptors (Lipinski definition) is 8. The number of hydrogen-bond donors (Lipinski definition) is 1. The zero-order chi connectivity index (χ0) is 21.6. The summed E-state index contributed by atoms with van der Waals surface area (Å²) in [6.45, 7) is 4.20. The number of benzene rings is 2. The highest BCUT2D eigenvalue weighted by molar-refractivity contribution is 7.99. The molecule has 2 aromatic carbocycles. The van der Waals surface area contributed by atoms with Crippen molar-refractivity contribution in [2.24, 2.45) is 0 Å². The number of amides is 1. The van der Waals surface area contributed by atoms with Gasteiger partial charge in [-0.3, -0.25) is 4.79 Å². The first kappa shape index (κ1) is 21.1. The van der Waals surface area contributed by atoms with Crippen LogP contribution in [0.1, 0.15) is 17.0 Å². The van der Waals surface area contributed by atoms with E-state index in [2.05, 4.69) is 26.6 Å². The van der Waals surface area contributed by atoms with Gasteiger partial charge in [0.1, 0.15) is 5.75 Å². The third-order valence-corrected chi connectivity index (χ3v) is 5.73. The second kappa shape index (κ2) is 9.76. The summed E-state index contributed by atoms with van der Waals surface area (Å²) in [6.07, 6.45) is 0. The lowest BCUT2D eigenvalue weighted by Crippen LogP contribution is -2.13. The molecule has 2 heterocycles. The van der Waals surface area contributed by atoms with Gasteiger partial charge in [-0.1, -0.05) is 48.2 Å². The monoisotopic (exact) mass is 452 g/mol. The Kier molecular flexibility index (Phi) is 6.63. The Labute approximate surface area is 187 Å². The molecule has 0 atom stereocenters. The number of carbonyl (C=O) groups is 1. The third-order valence-electron chi connectivity index (χ3n) is 4.15. The number of nitrogens with one attached hydrogen (secondary N) is 1. The van der Waals surface area contributed by atoms with Gasteiger partial charge in [0.2, 0.25) is 5.91 Å². The van der Waals surface area contributed by atoms with Gasteiger partial charge in [-0.05, 0) is 37.1 Å². The number of aromatic nitrogens is 3. The molecule has 0 aliphatic rings. The highest BCUT2D eigenvalue weighted by atomic mass is 32.2. The summed E-state index contributed by atoms with van der Waals surface area (Å²) in [6, 6.07) is 15.8. The number of anilines is 1. The van der Waals surface area contributed by atoms with Crippen LogP contribution in [-0.2, 0) is 11.4 Å². The molecule has 2 aromatic heterocycles. The van der Waals surface area contributed by atoms with E-state index in [0.29, 0.717) is 16.2 Å². The quantitative estimate of drug-likeness (QED) is 0.371. The van der Waals surface area contributed by atoms with Gasteiger partial charge >= 0.3 is 0 Å². The fourth-order valence-electron chi connectivity index (χ4n) is 2.87. The van der Waals surface area contributed by atoms with Crippen molar-refractivity contribution in [3.8, 4) is 17.0 Å². The van der Waals surface area contributed by atoms with Crippen LogP contribution in [0.4, 0.5) is 5.13 Å². The normalized spacial score (nSPS) is 10.8. The number of rotatable bonds is 8. The van der Waals surface area contributed by atoms with Crippen molar-refractivity contribution < 1.29 is 13.9 Å². The van der Waals surface area contributed by atoms with E-state index in [4.69, 9.17) is 9.15 Å². The molecule has 1 amide bonds. The molecule has 0 saturated carbocycles. The highest BCUT2D eigenvalue weighted by Crippen LogP contribution is 2.25. The molecule has 0 fully saturated rings. The van der Waals surface area contributed by atoms with E-state index in [1.807, 2.05) is 61.7 Å². The molecule has 4 rings (SSSR count). The molecule has 7 nitrogen and oxygen atoms in total. The third kappa shape index (κ3) is 5.93. The molecule has 1 N–H and O–H groups in total. The predicted molar refractivity (Wildman–Crippen MR) is 121 cm³/mol. The van der Waals surface area contributed by atoms with Gasteiger partial charge < -0.3 is 14.5 Å². The van der Waals surface area contributed by atoms with Crippen LogP contribution in [0.25, 0.3) is 11.3 Å². The smallest absolute Gasteiger partial charge is 0.277 e. The number of carbonyl (C=O) groups excluding carboxylic acids is 1. The van der Waals surface area contributed by atoms with Gasteiger partial charge in [-0.25, -0.2) is 4.98 Å². The van der Waals surface area contributed by atoms with Gasteiger partial charge in [0.05, 0.1) is 11.4 Å². The molecule has 0 saturated heterocycles. The van der Waals surface area contributed by atoms with Crippen LogP contribution in [0, 0.1) is 13.8 Å². The van der Waals surface area contributed by atoms with E-state index < -0.39 is 0 Å². The number of thioether (sulfide) groups is 1. The van der Waals surface area contributed by atoms with Crippen molar-refractivity contribution in [1.82, 2.24) is 15.2 Å². The van der Waals surface area contributed by atoms with Crippen molar-refractivity contribution in [3.63, 3.8) is 0 Å². The molecule has 0 unspecified atom stereocenters. The fourth-order valence-corrected chi connectivity index (χ4v) is 4.19. The van der Waals surface area contributed by atoms with Gasteiger partial charge in [-0.15, -0.1) is 21.5 Å². The first-order valence-corrected chi connectivity index (χ1v) is 11.4. The Balaban J connectivity index is 1.25. The molecule has 9 heteroatoms. The summed E-state index contributed by atoms with van der Waals surface area (Å²) in [5.74, 6) is 1.06. The molecular formula is C22H20N4O3S2. The van der Waals surface area contributed by atoms with Crippen LogP contribution in [0.5, 0.6) is 5.75 Å². The van der Waals surface area contributed by atoms with E-state index in [0.717, 1.165) is 28.1 Å². The van der Waals surface area contributed by atoms with Crippen molar-refractivity contribution in [2.75, 3.05) is 11.1 Å². The summed E-state index contributed by atoms with van der Waals surface area (Å²) in [4.78, 5) is 16.7. The number of ether oxygens (including phenoxy) is 1. The number of nitrogens with zero attached hydrogens (tertiary/aromatic N) is 3. The summed E-state index contributed by atoms with van der Waals surface area (Å²) in [7, 11) is 0. The van der Waals surface area contributed by atoms with Crippen molar-refractivity contribution >= 4 is 34.1 Å². The molecule has 0 aliphatic heterocycles. The largest absolute Gasteiger partial charge is 0.484 e. The van der Waals surface area contributed by atoms with E-state index in [1.54, 1.807) is 0 Å². The molecule has 158 valence electrons. The summed E-state index contributed by atoms with van der Waals surface area (Å²) >= 11 is 2.55. The van der Waals surface area contributed by atoms with E-state index >= 15 is 0 Å². The maximum Gasteiger partial charge on any atom is 0.277 e. The van der Waals surface area contributed by atoms with Crippen LogP contribution in [0.2, 0.25) is 0 Å². The van der Waals surface area contributed by atoms with Crippen molar-refractivity contribution in [1.29, 1.82) is 0 Å². The van der Waals surface area contributed by atoms with Gasteiger partial charge in [0, 0.05) is 10.9 Å². The Morgan fingerprint density at radius 3 is 2.68 bits per heavy atom. The summed E-state index contributed by atoms with van der Waals surface area (Å²) in [5.41, 5.74) is 4.09. The van der Waals surface area contributed by atoms with E-state index in [9.17, 15) is 4.79 Å². The molecule has 31 heavy (non-hydrogen) atoms. The fraction of sp³-hybridized carbons (Fsp3) is 0.182. The second-order valence-corrected chi connectivity index (χ2v) is 8.60. The van der Waals surface area contributed by atoms with Gasteiger partial charge in [0.25, 0.3) is 11.1 Å². The average Bonchev–Trinajstić information content (AvgIpc) is 3.40. The highest BCUT2D eigenvalue weighted by Gasteiger charge is 2.12. The molecule has 0 bridgehead atoms. The summed E-state index contributed by atoms with van der Waals surface area (Å²) < 4.78 is 11.3. The molecule has 0 radical (unpaired) electrons.